The molecule has 0 atom stereocenters. The molecule has 2 amide bonds. The van der Waals surface area contributed by atoms with Gasteiger partial charge in [-0.05, 0) is 31.0 Å². The van der Waals surface area contributed by atoms with Crippen molar-refractivity contribution < 1.29 is 4.79 Å². The Hall–Kier alpha value is -3.22. The summed E-state index contributed by atoms with van der Waals surface area (Å²) in [6, 6.07) is 27.7. The quantitative estimate of drug-likeness (QED) is 0.173. The molecule has 4 rings (SSSR count). The Morgan fingerprint density at radius 1 is 0.971 bits per heavy atom. The number of imidazole rings is 1. The molecule has 0 unspecified atom stereocenters. The van der Waals surface area contributed by atoms with Crippen molar-refractivity contribution >= 4 is 35.1 Å². The van der Waals surface area contributed by atoms with Gasteiger partial charge >= 0.3 is 6.03 Å². The maximum atomic E-state index is 12.2. The Kier molecular flexibility index (Phi) is 8.87. The molecule has 0 saturated carbocycles. The zero-order chi connectivity index (χ0) is 24.5. The fourth-order valence-electron chi connectivity index (χ4n) is 3.84. The van der Waals surface area contributed by atoms with Crippen molar-refractivity contribution in [1.82, 2.24) is 14.9 Å². The van der Waals surface area contributed by atoms with E-state index >= 15 is 0 Å². The van der Waals surface area contributed by atoms with E-state index in [0.29, 0.717) is 17.3 Å². The summed E-state index contributed by atoms with van der Waals surface area (Å²) >= 11 is 7.71. The third-order valence-electron chi connectivity index (χ3n) is 5.39. The number of benzene rings is 3. The molecule has 2 N–H and O–H groups in total. The van der Waals surface area contributed by atoms with Gasteiger partial charge in [0.1, 0.15) is 0 Å². The van der Waals surface area contributed by atoms with Crippen LogP contribution in [-0.2, 0) is 6.54 Å². The molecule has 3 aromatic carbocycles. The van der Waals surface area contributed by atoms with Gasteiger partial charge in [0.15, 0.2) is 5.16 Å². The van der Waals surface area contributed by atoms with Gasteiger partial charge in [0.05, 0.1) is 11.4 Å². The lowest BCUT2D eigenvalue weighted by Gasteiger charge is -2.12. The highest BCUT2D eigenvalue weighted by molar-refractivity contribution is 7.99. The van der Waals surface area contributed by atoms with Crippen molar-refractivity contribution in [3.05, 3.63) is 90.0 Å². The SMILES string of the molecule is CCCn1c(SCCCNC(=O)Nc2cccc(Cl)c2)nc(-c2ccccc2)c1-c1ccccc1. The van der Waals surface area contributed by atoms with Crippen LogP contribution in [0.25, 0.3) is 22.5 Å². The Morgan fingerprint density at radius 2 is 1.69 bits per heavy atom. The van der Waals surface area contributed by atoms with Crippen LogP contribution in [0.2, 0.25) is 5.02 Å². The summed E-state index contributed by atoms with van der Waals surface area (Å²) in [5.41, 5.74) is 5.11. The fourth-order valence-corrected chi connectivity index (χ4v) is 4.99. The first-order valence-electron chi connectivity index (χ1n) is 11.8. The molecule has 0 aliphatic heterocycles. The maximum absolute atomic E-state index is 12.2. The van der Waals surface area contributed by atoms with E-state index in [-0.39, 0.29) is 6.03 Å². The van der Waals surface area contributed by atoms with Crippen molar-refractivity contribution in [1.29, 1.82) is 0 Å². The summed E-state index contributed by atoms with van der Waals surface area (Å²) in [5.74, 6) is 0.848. The number of rotatable bonds is 10. The molecule has 7 heteroatoms. The van der Waals surface area contributed by atoms with Crippen LogP contribution >= 0.6 is 23.4 Å². The molecular formula is C28H29ClN4OS. The molecule has 1 heterocycles. The van der Waals surface area contributed by atoms with Crippen LogP contribution in [0.15, 0.2) is 90.1 Å². The molecule has 0 radical (unpaired) electrons. The second-order valence-electron chi connectivity index (χ2n) is 8.07. The van der Waals surface area contributed by atoms with E-state index < -0.39 is 0 Å². The van der Waals surface area contributed by atoms with Crippen LogP contribution in [0.1, 0.15) is 19.8 Å². The number of hydrogen-bond acceptors (Lipinski definition) is 3. The van der Waals surface area contributed by atoms with Crippen molar-refractivity contribution in [2.24, 2.45) is 0 Å². The summed E-state index contributed by atoms with van der Waals surface area (Å²) in [4.78, 5) is 17.3. The number of halogens is 1. The molecule has 5 nitrogen and oxygen atoms in total. The van der Waals surface area contributed by atoms with Gasteiger partial charge in [0, 0.05) is 40.7 Å². The molecular weight excluding hydrogens is 476 g/mol. The van der Waals surface area contributed by atoms with Crippen molar-refractivity contribution in [2.75, 3.05) is 17.6 Å². The molecule has 0 bridgehead atoms. The zero-order valence-corrected chi connectivity index (χ0v) is 21.3. The van der Waals surface area contributed by atoms with Crippen molar-refractivity contribution in [2.45, 2.75) is 31.5 Å². The van der Waals surface area contributed by atoms with Crippen LogP contribution < -0.4 is 10.6 Å². The van der Waals surface area contributed by atoms with Crippen molar-refractivity contribution in [3.63, 3.8) is 0 Å². The van der Waals surface area contributed by atoms with E-state index in [1.807, 2.05) is 18.2 Å². The van der Waals surface area contributed by atoms with Crippen molar-refractivity contribution in [3.8, 4) is 22.5 Å². The zero-order valence-electron chi connectivity index (χ0n) is 19.7. The highest BCUT2D eigenvalue weighted by Crippen LogP contribution is 2.36. The summed E-state index contributed by atoms with van der Waals surface area (Å²) in [6.45, 7) is 3.66. The Morgan fingerprint density at radius 3 is 2.37 bits per heavy atom. The van der Waals surface area contributed by atoms with E-state index in [9.17, 15) is 4.79 Å². The lowest BCUT2D eigenvalue weighted by molar-refractivity contribution is 0.252. The first-order valence-corrected chi connectivity index (χ1v) is 13.2. The van der Waals surface area contributed by atoms with Crippen LogP contribution in [0, 0.1) is 0 Å². The average Bonchev–Trinajstić information content (AvgIpc) is 3.23. The third-order valence-corrected chi connectivity index (χ3v) is 6.69. The van der Waals surface area contributed by atoms with E-state index in [1.165, 1.54) is 5.56 Å². The van der Waals surface area contributed by atoms with Gasteiger partial charge in [-0.15, -0.1) is 0 Å². The van der Waals surface area contributed by atoms with Crippen LogP contribution in [0.5, 0.6) is 0 Å². The number of carbonyl (C=O) groups is 1. The van der Waals surface area contributed by atoms with Crippen LogP contribution in [-0.4, -0.2) is 27.9 Å². The standard InChI is InChI=1S/C28H29ClN4OS/c1-2-18-33-26(22-13-7-4-8-14-22)25(21-11-5-3-6-12-21)32-28(33)35-19-10-17-30-27(34)31-24-16-9-15-23(29)20-24/h3-9,11-16,20H,2,10,17-19H2,1H3,(H2,30,31,34). The number of amides is 2. The highest BCUT2D eigenvalue weighted by atomic mass is 35.5. The van der Waals surface area contributed by atoms with Gasteiger partial charge in [0.2, 0.25) is 0 Å². The Labute approximate surface area is 215 Å². The fraction of sp³-hybridized carbons (Fsp3) is 0.214. The molecule has 0 spiro atoms. The molecule has 0 saturated heterocycles. The summed E-state index contributed by atoms with van der Waals surface area (Å²) in [7, 11) is 0. The van der Waals surface area contributed by atoms with Crippen LogP contribution in [0.4, 0.5) is 10.5 Å². The minimum Gasteiger partial charge on any atom is -0.338 e. The monoisotopic (exact) mass is 504 g/mol. The largest absolute Gasteiger partial charge is 0.338 e. The topological polar surface area (TPSA) is 59.0 Å². The number of aromatic nitrogens is 2. The van der Waals surface area contributed by atoms with E-state index in [1.54, 1.807) is 30.0 Å². The molecule has 0 aliphatic carbocycles. The van der Waals surface area contributed by atoms with Gasteiger partial charge in [-0.1, -0.05) is 97.0 Å². The number of hydrogen-bond donors (Lipinski definition) is 2. The molecule has 1 aromatic heterocycles. The number of nitrogens with zero attached hydrogens (tertiary/aromatic N) is 2. The molecule has 180 valence electrons. The number of carbonyl (C=O) groups excluding carboxylic acids is 1. The lowest BCUT2D eigenvalue weighted by atomic mass is 10.0. The molecule has 0 aliphatic rings. The lowest BCUT2D eigenvalue weighted by Crippen LogP contribution is -2.29. The summed E-state index contributed by atoms with van der Waals surface area (Å²) in [6.07, 6.45) is 1.84. The predicted octanol–water partition coefficient (Wildman–Crippen LogP) is 7.58. The second-order valence-corrected chi connectivity index (χ2v) is 9.57. The van der Waals surface area contributed by atoms with Crippen LogP contribution in [0.3, 0.4) is 0 Å². The van der Waals surface area contributed by atoms with Gasteiger partial charge in [-0.3, -0.25) is 0 Å². The number of anilines is 1. The minimum absolute atomic E-state index is 0.234. The second kappa shape index (κ2) is 12.5. The first kappa shape index (κ1) is 24.9. The number of urea groups is 1. The Balaban J connectivity index is 1.43. The summed E-state index contributed by atoms with van der Waals surface area (Å²) in [5, 5.41) is 7.31. The Bertz CT molecular complexity index is 1240. The van der Waals surface area contributed by atoms with Gasteiger partial charge in [-0.2, -0.15) is 0 Å². The van der Waals surface area contributed by atoms with Gasteiger partial charge in [0.25, 0.3) is 0 Å². The van der Waals surface area contributed by atoms with E-state index in [0.717, 1.165) is 47.2 Å². The third kappa shape index (κ3) is 6.68. The first-order chi connectivity index (χ1) is 17.2. The van der Waals surface area contributed by atoms with E-state index in [4.69, 9.17) is 16.6 Å². The number of nitrogens with one attached hydrogen (secondary N) is 2. The van der Waals surface area contributed by atoms with Gasteiger partial charge < -0.3 is 15.2 Å². The normalized spacial score (nSPS) is 10.8. The van der Waals surface area contributed by atoms with Gasteiger partial charge in [-0.25, -0.2) is 9.78 Å². The number of thioether (sulfide) groups is 1. The maximum Gasteiger partial charge on any atom is 0.319 e. The smallest absolute Gasteiger partial charge is 0.319 e. The molecule has 35 heavy (non-hydrogen) atoms. The average molecular weight is 505 g/mol. The highest BCUT2D eigenvalue weighted by Gasteiger charge is 2.19. The predicted molar refractivity (Wildman–Crippen MR) is 147 cm³/mol. The molecule has 4 aromatic rings. The minimum atomic E-state index is -0.234. The summed E-state index contributed by atoms with van der Waals surface area (Å²) < 4.78 is 2.33. The van der Waals surface area contributed by atoms with E-state index in [2.05, 4.69) is 70.7 Å². The molecule has 0 fully saturated rings.